The van der Waals surface area contributed by atoms with Crippen molar-refractivity contribution in [3.63, 3.8) is 0 Å². The normalized spacial score (nSPS) is 11.9. The zero-order valence-corrected chi connectivity index (χ0v) is 41.0. The Balaban J connectivity index is 0. The lowest BCUT2D eigenvalue weighted by molar-refractivity contribution is -0.176. The van der Waals surface area contributed by atoms with Gasteiger partial charge in [-0.2, -0.15) is 0 Å². The smallest absolute Gasteiger partial charge is 0.465 e. The first-order chi connectivity index (χ1) is 29.1. The summed E-state index contributed by atoms with van der Waals surface area (Å²) in [5.41, 5.74) is 0. The fourth-order valence-corrected chi connectivity index (χ4v) is 8.24. The molecule has 27 heteroatoms. The highest BCUT2D eigenvalue weighted by Crippen LogP contribution is 2.21. The number of hydroxylamine groups is 2. The van der Waals surface area contributed by atoms with Gasteiger partial charge in [0, 0.05) is 93.6 Å². The fourth-order valence-electron chi connectivity index (χ4n) is 3.33. The molecule has 0 aromatic heterocycles. The molecule has 1 aliphatic rings. The SMILES string of the molecule is CC(=O)OCCSSCCOC(=O)NCCN(C)C.CN(C)CCNC(=O)OCCSSCCO.CN(C)CCNC(=O)OCCSSCCOC(=O)ON1C(=O)CCC1=O. The van der Waals surface area contributed by atoms with E-state index in [0.29, 0.717) is 67.5 Å². The summed E-state index contributed by atoms with van der Waals surface area (Å²) in [6.45, 7) is 7.13. The van der Waals surface area contributed by atoms with Crippen LogP contribution in [-0.2, 0) is 42.9 Å². The Labute approximate surface area is 383 Å². The molecule has 0 aromatic carbocycles. The van der Waals surface area contributed by atoms with Crippen LogP contribution >= 0.6 is 64.8 Å². The maximum absolute atomic E-state index is 11.4. The summed E-state index contributed by atoms with van der Waals surface area (Å²) in [5, 5.41) is 16.9. The number of alkyl carbamates (subject to hydrolysis) is 3. The highest BCUT2D eigenvalue weighted by molar-refractivity contribution is 8.77. The highest BCUT2D eigenvalue weighted by Gasteiger charge is 2.33. The number of imide groups is 1. The van der Waals surface area contributed by atoms with Gasteiger partial charge in [0.2, 0.25) is 0 Å². The topological polar surface area (TPSA) is 244 Å². The molecule has 61 heavy (non-hydrogen) atoms. The maximum Gasteiger partial charge on any atom is 0.533 e. The average Bonchev–Trinajstić information content (AvgIpc) is 3.50. The van der Waals surface area contributed by atoms with E-state index in [0.717, 1.165) is 31.1 Å². The molecule has 5 amide bonds. The second kappa shape index (κ2) is 42.9. The van der Waals surface area contributed by atoms with Gasteiger partial charge in [0.25, 0.3) is 11.8 Å². The lowest BCUT2D eigenvalue weighted by atomic mass is 10.4. The predicted molar refractivity (Wildman–Crippen MR) is 246 cm³/mol. The largest absolute Gasteiger partial charge is 0.533 e. The summed E-state index contributed by atoms with van der Waals surface area (Å²) in [4.78, 5) is 88.5. The van der Waals surface area contributed by atoms with Crippen molar-refractivity contribution in [2.45, 2.75) is 19.8 Å². The molecule has 1 saturated heterocycles. The number of amides is 5. The van der Waals surface area contributed by atoms with Gasteiger partial charge >= 0.3 is 30.4 Å². The van der Waals surface area contributed by atoms with Gasteiger partial charge in [-0.1, -0.05) is 69.8 Å². The lowest BCUT2D eigenvalue weighted by Crippen LogP contribution is -2.32. The molecular weight excluding hydrogens is 923 g/mol. The zero-order valence-electron chi connectivity index (χ0n) is 36.1. The molecule has 1 heterocycles. The number of carbonyl (C=O) groups is 7. The number of hydrogen-bond donors (Lipinski definition) is 4. The van der Waals surface area contributed by atoms with Crippen molar-refractivity contribution in [1.82, 2.24) is 35.7 Å². The van der Waals surface area contributed by atoms with E-state index in [1.807, 2.05) is 57.0 Å². The third-order valence-corrected chi connectivity index (χ3v) is 13.2. The number of nitrogens with one attached hydrogen (secondary N) is 3. The van der Waals surface area contributed by atoms with Crippen molar-refractivity contribution in [2.24, 2.45) is 0 Å². The van der Waals surface area contributed by atoms with Crippen LogP contribution in [0.3, 0.4) is 0 Å². The number of ether oxygens (including phenoxy) is 5. The highest BCUT2D eigenvalue weighted by atomic mass is 33.1. The first-order valence-electron chi connectivity index (χ1n) is 18.9. The minimum Gasteiger partial charge on any atom is -0.465 e. The number of nitrogens with zero attached hydrogens (tertiary/aromatic N) is 4. The Hall–Kier alpha value is -2.37. The van der Waals surface area contributed by atoms with E-state index in [2.05, 4.69) is 20.8 Å². The molecule has 0 radical (unpaired) electrons. The Bertz CT molecular complexity index is 1200. The summed E-state index contributed by atoms with van der Waals surface area (Å²) in [6.07, 6.45) is -2.21. The van der Waals surface area contributed by atoms with Gasteiger partial charge in [0.1, 0.15) is 33.0 Å². The monoisotopic (exact) mass is 987 g/mol. The van der Waals surface area contributed by atoms with Gasteiger partial charge in [0.05, 0.1) is 6.61 Å². The summed E-state index contributed by atoms with van der Waals surface area (Å²) in [7, 11) is 20.8. The number of rotatable bonds is 30. The van der Waals surface area contributed by atoms with Crippen LogP contribution in [0.1, 0.15) is 19.8 Å². The van der Waals surface area contributed by atoms with Gasteiger partial charge in [0.15, 0.2) is 0 Å². The quantitative estimate of drug-likeness (QED) is 0.0266. The number of likely N-dealkylation sites (N-methyl/N-ethyl adjacent to an activating group) is 3. The average molecular weight is 988 g/mol. The van der Waals surface area contributed by atoms with Crippen molar-refractivity contribution in [3.8, 4) is 0 Å². The van der Waals surface area contributed by atoms with E-state index >= 15 is 0 Å². The van der Waals surface area contributed by atoms with Crippen LogP contribution < -0.4 is 16.0 Å². The molecule has 0 spiro atoms. The third kappa shape index (κ3) is 45.5. The molecule has 0 unspecified atom stereocenters. The van der Waals surface area contributed by atoms with Crippen LogP contribution in [0.5, 0.6) is 0 Å². The van der Waals surface area contributed by atoms with Crippen LogP contribution in [0.4, 0.5) is 19.2 Å². The standard InChI is InChI=1S/C14H23N3O7S2.C11H22N2O4S2.C9H20N2O3S2/c1-16(2)6-5-15-13(20)22-7-9-25-26-10-8-23-14(21)24-17-11(18)3-4-12(17)19;1-10(14)16-6-8-18-19-9-7-17-11(15)12-4-5-13(2)3;1-11(2)4-3-10-9(13)14-6-8-16-15-7-5-12/h3-10H2,1-2H3,(H,15,20);4-9H2,1-3H3,(H,12,15);12H,3-8H2,1-2H3,(H,10,13). The Kier molecular flexibility index (Phi) is 42.7. The molecule has 1 aliphatic heterocycles. The number of hydrogen-bond acceptors (Lipinski definition) is 23. The molecule has 1 fully saturated rings. The third-order valence-electron chi connectivity index (χ3n) is 6.14. The van der Waals surface area contributed by atoms with Gasteiger partial charge in [-0.15, -0.1) is 0 Å². The van der Waals surface area contributed by atoms with Crippen LogP contribution in [0.15, 0.2) is 0 Å². The predicted octanol–water partition coefficient (Wildman–Crippen LogP) is 2.74. The Morgan fingerprint density at radius 2 is 0.852 bits per heavy atom. The summed E-state index contributed by atoms with van der Waals surface area (Å²) in [6, 6.07) is 0. The van der Waals surface area contributed by atoms with E-state index < -0.39 is 24.1 Å². The van der Waals surface area contributed by atoms with Crippen molar-refractivity contribution in [2.75, 3.05) is 156 Å². The molecule has 1 rings (SSSR count). The summed E-state index contributed by atoms with van der Waals surface area (Å²) >= 11 is 0. The molecule has 4 N–H and O–H groups in total. The maximum atomic E-state index is 11.4. The van der Waals surface area contributed by atoms with Crippen molar-refractivity contribution in [1.29, 1.82) is 0 Å². The minimum absolute atomic E-state index is 0.0361. The van der Waals surface area contributed by atoms with E-state index in [9.17, 15) is 33.6 Å². The first kappa shape index (κ1) is 60.7. The molecule has 21 nitrogen and oxygen atoms in total. The van der Waals surface area contributed by atoms with Crippen LogP contribution in [0.2, 0.25) is 0 Å². The molecule has 0 bridgehead atoms. The van der Waals surface area contributed by atoms with Crippen molar-refractivity contribution >= 4 is 107 Å². The van der Waals surface area contributed by atoms with Crippen molar-refractivity contribution in [3.05, 3.63) is 0 Å². The molecule has 0 saturated carbocycles. The van der Waals surface area contributed by atoms with Gasteiger partial charge < -0.3 is 59.4 Å². The lowest BCUT2D eigenvalue weighted by Gasteiger charge is -2.12. The molecule has 0 aliphatic carbocycles. The van der Waals surface area contributed by atoms with Gasteiger partial charge in [-0.25, -0.2) is 19.2 Å². The molecule has 0 atom stereocenters. The number of aliphatic hydroxyl groups excluding tert-OH is 1. The second-order valence-corrected chi connectivity index (χ2v) is 20.5. The van der Waals surface area contributed by atoms with E-state index in [1.165, 1.54) is 28.5 Å². The number of esters is 1. The summed E-state index contributed by atoms with van der Waals surface area (Å²) < 4.78 is 24.5. The van der Waals surface area contributed by atoms with E-state index in [1.54, 1.807) is 43.2 Å². The van der Waals surface area contributed by atoms with Crippen LogP contribution in [-0.4, -0.2) is 223 Å². The molecule has 356 valence electrons. The fraction of sp³-hybridized carbons (Fsp3) is 0.794. The van der Waals surface area contributed by atoms with Gasteiger partial charge in [-0.05, 0) is 42.3 Å². The van der Waals surface area contributed by atoms with Crippen LogP contribution in [0.25, 0.3) is 0 Å². The number of carbonyl (C=O) groups excluding carboxylic acids is 7. The zero-order chi connectivity index (χ0) is 46.1. The molecular formula is C34H65N7O14S6. The van der Waals surface area contributed by atoms with Crippen LogP contribution in [0, 0.1) is 0 Å². The molecule has 0 aromatic rings. The first-order valence-corrected chi connectivity index (χ1v) is 26.4. The van der Waals surface area contributed by atoms with E-state index in [4.69, 9.17) is 28.8 Å². The van der Waals surface area contributed by atoms with Gasteiger partial charge in [-0.3, -0.25) is 19.2 Å². The number of aliphatic hydroxyl groups is 1. The Morgan fingerprint density at radius 1 is 0.541 bits per heavy atom. The van der Waals surface area contributed by atoms with Crippen molar-refractivity contribution < 1.29 is 67.2 Å². The minimum atomic E-state index is -1.09. The Morgan fingerprint density at radius 3 is 1.16 bits per heavy atom. The second-order valence-electron chi connectivity index (χ2n) is 12.4. The van der Waals surface area contributed by atoms with E-state index in [-0.39, 0.29) is 50.8 Å². The summed E-state index contributed by atoms with van der Waals surface area (Å²) in [5.74, 6) is 2.61.